The molecule has 1 spiro atoms. The predicted octanol–water partition coefficient (Wildman–Crippen LogP) is 9.83. The Morgan fingerprint density at radius 3 is 1.28 bits per heavy atom. The summed E-state index contributed by atoms with van der Waals surface area (Å²) in [5, 5.41) is 3.67. The Balaban J connectivity index is 2.11. The van der Waals surface area contributed by atoms with Crippen molar-refractivity contribution in [2.24, 2.45) is 0 Å². The Hall–Kier alpha value is -1.27. The van der Waals surface area contributed by atoms with E-state index in [1.807, 2.05) is 0 Å². The lowest BCUT2D eigenvalue weighted by Crippen LogP contribution is -2.70. The molecule has 6 heteroatoms. The van der Waals surface area contributed by atoms with Crippen LogP contribution in [-0.2, 0) is 9.59 Å². The first kappa shape index (κ1) is 37.9. The number of rotatable bonds is 22. The van der Waals surface area contributed by atoms with Gasteiger partial charge in [-0.15, -0.1) is 0 Å². The van der Waals surface area contributed by atoms with Gasteiger partial charge < -0.3 is 5.32 Å². The molecule has 0 saturated carbocycles. The van der Waals surface area contributed by atoms with Crippen LogP contribution in [0.4, 0.5) is 4.79 Å². The second-order valence-electron chi connectivity index (χ2n) is 15.5. The van der Waals surface area contributed by atoms with Gasteiger partial charge in [0, 0.05) is 30.8 Å². The monoisotopic (exact) mass is 605 g/mol. The first-order valence-electron chi connectivity index (χ1n) is 18.4. The van der Waals surface area contributed by atoms with Gasteiger partial charge in [-0.3, -0.25) is 4.79 Å². The zero-order valence-electron chi connectivity index (χ0n) is 29.6. The summed E-state index contributed by atoms with van der Waals surface area (Å²) in [4.78, 5) is 43.8. The van der Waals surface area contributed by atoms with Crippen LogP contribution in [-0.4, -0.2) is 56.9 Å². The van der Waals surface area contributed by atoms with Crippen molar-refractivity contribution in [1.29, 1.82) is 0 Å². The van der Waals surface area contributed by atoms with Gasteiger partial charge in [0.15, 0.2) is 5.54 Å². The molecular formula is C37H70N3O3+. The van der Waals surface area contributed by atoms with Gasteiger partial charge in [-0.1, -0.05) is 117 Å². The topological polar surface area (TPSA) is 66.5 Å². The minimum absolute atomic E-state index is 0.0119. The van der Waals surface area contributed by atoms with Crippen molar-refractivity contribution in [2.45, 2.75) is 206 Å². The Bertz CT molecular complexity index is 825. The average Bonchev–Trinajstić information content (AvgIpc) is 3.07. The van der Waals surface area contributed by atoms with Gasteiger partial charge in [0.1, 0.15) is 0 Å². The van der Waals surface area contributed by atoms with Crippen LogP contribution in [0.3, 0.4) is 0 Å². The normalized spacial score (nSPS) is 20.3. The fourth-order valence-corrected chi connectivity index (χ4v) is 8.47. The lowest BCUT2D eigenvalue weighted by molar-refractivity contribution is -0.770. The number of quaternary nitrogens is 1. The summed E-state index contributed by atoms with van der Waals surface area (Å²) in [6.45, 7) is 15.5. The average molecular weight is 605 g/mol. The van der Waals surface area contributed by atoms with Gasteiger partial charge in [-0.25, -0.2) is 14.5 Å². The number of amides is 4. The fraction of sp³-hybridized carbons (Fsp3) is 0.919. The number of imide groups is 2. The fourth-order valence-electron chi connectivity index (χ4n) is 8.47. The molecule has 2 rings (SSSR count). The van der Waals surface area contributed by atoms with E-state index >= 15 is 0 Å². The number of carbonyl (C=O) groups is 3. The van der Waals surface area contributed by atoms with Crippen LogP contribution >= 0.6 is 0 Å². The van der Waals surface area contributed by atoms with E-state index in [1.165, 1.54) is 102 Å². The summed E-state index contributed by atoms with van der Waals surface area (Å²) in [6, 6.07) is -0.252. The number of hydrogen-bond donors (Lipinski definition) is 1. The van der Waals surface area contributed by atoms with E-state index in [1.54, 1.807) is 0 Å². The highest BCUT2D eigenvalue weighted by atomic mass is 16.2. The first-order chi connectivity index (χ1) is 20.4. The molecule has 43 heavy (non-hydrogen) atoms. The molecule has 2 aliphatic heterocycles. The maximum atomic E-state index is 14.8. The van der Waals surface area contributed by atoms with Gasteiger partial charge in [0.25, 0.3) is 0 Å². The van der Waals surface area contributed by atoms with E-state index in [2.05, 4.69) is 46.9 Å². The summed E-state index contributed by atoms with van der Waals surface area (Å²) in [5.74, 6) is -0.291. The third kappa shape index (κ3) is 10.9. The van der Waals surface area contributed by atoms with Crippen molar-refractivity contribution in [2.75, 3.05) is 13.1 Å². The van der Waals surface area contributed by atoms with Gasteiger partial charge in [0.05, 0.1) is 13.1 Å². The van der Waals surface area contributed by atoms with E-state index in [4.69, 9.17) is 0 Å². The Labute approximate surface area is 266 Å². The molecule has 0 aromatic rings. The van der Waals surface area contributed by atoms with Crippen molar-refractivity contribution in [3.63, 3.8) is 0 Å². The van der Waals surface area contributed by atoms with Crippen LogP contribution < -0.4 is 5.32 Å². The number of nitrogens with one attached hydrogen (secondary N) is 1. The number of unbranched alkanes of at least 4 members (excludes halogenated alkanes) is 18. The van der Waals surface area contributed by atoms with E-state index in [0.29, 0.717) is 25.9 Å². The largest absolute Gasteiger partial charge is 0.434 e. The molecule has 0 aromatic carbocycles. The van der Waals surface area contributed by atoms with Crippen molar-refractivity contribution < 1.29 is 18.9 Å². The molecule has 2 heterocycles. The van der Waals surface area contributed by atoms with E-state index < -0.39 is 5.54 Å². The molecule has 250 valence electrons. The molecule has 4 amide bonds. The number of urea groups is 1. The minimum Gasteiger partial charge on any atom is -0.307 e. The molecule has 2 fully saturated rings. The molecule has 1 N–H and O–H groups in total. The summed E-state index contributed by atoms with van der Waals surface area (Å²) < 4.78 is -0.153. The standard InChI is InChI=1S/C37H70N3O3/c1-8-10-12-14-16-18-20-22-24-26-28-40(29-27-25-23-21-19-17-15-13-11-9-2)33(42)37(39(32(3)41)34(40)43)30-35(4,5)38-36(6,7)31-37/h38H,8-31H2,1-7H3/q+1. The first-order valence-corrected chi connectivity index (χ1v) is 18.4. The highest BCUT2D eigenvalue weighted by molar-refractivity contribution is 6.07. The number of nitrogens with zero attached hydrogens (tertiary/aromatic N) is 2. The molecule has 0 aromatic heterocycles. The van der Waals surface area contributed by atoms with Crippen molar-refractivity contribution in [1.82, 2.24) is 10.2 Å². The molecule has 2 aliphatic rings. The third-order valence-corrected chi connectivity index (χ3v) is 10.0. The second-order valence-corrected chi connectivity index (χ2v) is 15.5. The number of hydrogen-bond acceptors (Lipinski definition) is 4. The Kier molecular flexibility index (Phi) is 15.9. The second kappa shape index (κ2) is 18.0. The molecule has 0 aliphatic carbocycles. The summed E-state index contributed by atoms with van der Waals surface area (Å²) in [7, 11) is 0. The van der Waals surface area contributed by atoms with Crippen molar-refractivity contribution in [3.05, 3.63) is 0 Å². The van der Waals surface area contributed by atoms with Gasteiger partial charge >= 0.3 is 11.9 Å². The van der Waals surface area contributed by atoms with Crippen LogP contribution in [0.25, 0.3) is 0 Å². The van der Waals surface area contributed by atoms with Crippen LogP contribution in [0, 0.1) is 0 Å². The molecule has 0 bridgehead atoms. The van der Waals surface area contributed by atoms with E-state index in [0.717, 1.165) is 38.5 Å². The molecule has 0 atom stereocenters. The van der Waals surface area contributed by atoms with E-state index in [9.17, 15) is 14.4 Å². The lowest BCUT2D eigenvalue weighted by Gasteiger charge is -2.51. The lowest BCUT2D eigenvalue weighted by atomic mass is 9.69. The zero-order chi connectivity index (χ0) is 32.0. The molecular weight excluding hydrogens is 534 g/mol. The van der Waals surface area contributed by atoms with Gasteiger partial charge in [-0.2, -0.15) is 4.48 Å². The van der Waals surface area contributed by atoms with Crippen LogP contribution in [0.15, 0.2) is 0 Å². The van der Waals surface area contributed by atoms with Crippen molar-refractivity contribution in [3.8, 4) is 0 Å². The van der Waals surface area contributed by atoms with Crippen LogP contribution in [0.2, 0.25) is 0 Å². The zero-order valence-corrected chi connectivity index (χ0v) is 29.6. The summed E-state index contributed by atoms with van der Waals surface area (Å²) in [5.41, 5.74) is -1.79. The SMILES string of the molecule is CCCCCCCCCCCC[N+]1(CCCCCCCCCCCC)C(=O)N(C(C)=O)C2(CC(C)(C)NC(C)(C)C2)C1=O. The maximum absolute atomic E-state index is 14.8. The highest BCUT2D eigenvalue weighted by Gasteiger charge is 2.72. The predicted molar refractivity (Wildman–Crippen MR) is 180 cm³/mol. The number of piperidine rings is 1. The highest BCUT2D eigenvalue weighted by Crippen LogP contribution is 2.48. The third-order valence-electron chi connectivity index (χ3n) is 10.0. The molecule has 2 saturated heterocycles. The van der Waals surface area contributed by atoms with Crippen molar-refractivity contribution >= 4 is 17.8 Å². The van der Waals surface area contributed by atoms with Crippen LogP contribution in [0.1, 0.15) is 190 Å². The Morgan fingerprint density at radius 1 is 0.628 bits per heavy atom. The minimum atomic E-state index is -1.07. The van der Waals surface area contributed by atoms with Gasteiger partial charge in [0.2, 0.25) is 5.91 Å². The Morgan fingerprint density at radius 2 is 0.953 bits per heavy atom. The summed E-state index contributed by atoms with van der Waals surface area (Å²) in [6.07, 6.45) is 25.3. The smallest absolute Gasteiger partial charge is 0.307 e. The molecule has 6 nitrogen and oxygen atoms in total. The molecule has 0 unspecified atom stereocenters. The quantitative estimate of drug-likeness (QED) is 0.0759. The van der Waals surface area contributed by atoms with Crippen LogP contribution in [0.5, 0.6) is 0 Å². The molecule has 0 radical (unpaired) electrons. The summed E-state index contributed by atoms with van der Waals surface area (Å²) >= 11 is 0. The maximum Gasteiger partial charge on any atom is 0.434 e. The van der Waals surface area contributed by atoms with Gasteiger partial charge in [-0.05, 0) is 53.4 Å². The van der Waals surface area contributed by atoms with E-state index in [-0.39, 0.29) is 33.4 Å². The number of carbonyl (C=O) groups excluding carboxylic acids is 3.